The first-order chi connectivity index (χ1) is 9.56. The molecular weight excluding hydrogens is 272 g/mol. The number of hydrogen-bond donors (Lipinski definition) is 2. The zero-order chi connectivity index (χ0) is 14.5. The van der Waals surface area contributed by atoms with E-state index in [1.807, 2.05) is 38.1 Å². The first-order valence-corrected chi connectivity index (χ1v) is 7.91. The maximum Gasteiger partial charge on any atom is 0.237 e. The molecule has 1 heterocycles. The van der Waals surface area contributed by atoms with E-state index < -0.39 is 0 Å². The fourth-order valence-corrected chi connectivity index (χ4v) is 3.12. The van der Waals surface area contributed by atoms with Gasteiger partial charge < -0.3 is 10.6 Å². The summed E-state index contributed by atoms with van der Waals surface area (Å²) < 4.78 is 0. The van der Waals surface area contributed by atoms with E-state index in [0.29, 0.717) is 5.75 Å². The average molecular weight is 292 g/mol. The Balaban J connectivity index is 1.92. The topological polar surface area (TPSA) is 58.2 Å². The second-order valence-electron chi connectivity index (χ2n) is 5.21. The third kappa shape index (κ3) is 4.00. The van der Waals surface area contributed by atoms with Gasteiger partial charge in [0.25, 0.3) is 0 Å². The number of benzene rings is 1. The Bertz CT molecular complexity index is 502. The molecule has 2 amide bonds. The number of carbonyl (C=O) groups is 2. The molecule has 0 aliphatic carbocycles. The zero-order valence-electron chi connectivity index (χ0n) is 11.8. The van der Waals surface area contributed by atoms with Crippen LogP contribution in [0.5, 0.6) is 0 Å². The van der Waals surface area contributed by atoms with Gasteiger partial charge in [0.15, 0.2) is 0 Å². The largest absolute Gasteiger partial charge is 0.353 e. The van der Waals surface area contributed by atoms with E-state index in [9.17, 15) is 9.59 Å². The summed E-state index contributed by atoms with van der Waals surface area (Å²) in [7, 11) is 0. The van der Waals surface area contributed by atoms with Crippen molar-refractivity contribution in [3.63, 3.8) is 0 Å². The predicted octanol–water partition coefficient (Wildman–Crippen LogP) is 2.20. The lowest BCUT2D eigenvalue weighted by molar-refractivity contribution is -0.119. The molecule has 108 valence electrons. The number of anilines is 1. The third-order valence-electron chi connectivity index (χ3n) is 3.11. The Hall–Kier alpha value is -1.49. The van der Waals surface area contributed by atoms with Crippen LogP contribution in [0.25, 0.3) is 0 Å². The van der Waals surface area contributed by atoms with Crippen LogP contribution in [0.15, 0.2) is 24.3 Å². The lowest BCUT2D eigenvalue weighted by atomic mass is 10.1. The summed E-state index contributed by atoms with van der Waals surface area (Å²) in [6.07, 6.45) is 1.63. The molecule has 0 saturated carbocycles. The van der Waals surface area contributed by atoms with Gasteiger partial charge in [0, 0.05) is 11.7 Å². The normalized spacial score (nSPS) is 18.1. The summed E-state index contributed by atoms with van der Waals surface area (Å²) in [6.45, 7) is 3.86. The van der Waals surface area contributed by atoms with Crippen molar-refractivity contribution in [1.82, 2.24) is 5.32 Å². The van der Waals surface area contributed by atoms with Crippen molar-refractivity contribution in [3.05, 3.63) is 29.8 Å². The molecule has 1 aromatic rings. The number of para-hydroxylation sites is 1. The van der Waals surface area contributed by atoms with Gasteiger partial charge in [-0.05, 0) is 38.3 Å². The van der Waals surface area contributed by atoms with E-state index in [4.69, 9.17) is 0 Å². The number of rotatable bonds is 4. The molecule has 1 atom stereocenters. The molecule has 4 nitrogen and oxygen atoms in total. The lowest BCUT2D eigenvalue weighted by Crippen LogP contribution is -2.33. The fourth-order valence-electron chi connectivity index (χ4n) is 2.19. The molecule has 0 fully saturated rings. The minimum absolute atomic E-state index is 0.00250. The van der Waals surface area contributed by atoms with Crippen molar-refractivity contribution in [3.8, 4) is 0 Å². The number of thioether (sulfide) groups is 1. The standard InChI is InChI=1S/C15H20N2O2S/c1-10(2)16-14(18)9-20-13-8-7-11-5-3-4-6-12(11)17-15(13)19/h3-6,10,13H,7-9H2,1-2H3,(H,16,18)(H,17,19)/t13-/m0/s1. The van der Waals surface area contributed by atoms with E-state index in [-0.39, 0.29) is 23.1 Å². The van der Waals surface area contributed by atoms with E-state index in [2.05, 4.69) is 10.6 Å². The Morgan fingerprint density at radius 1 is 1.45 bits per heavy atom. The van der Waals surface area contributed by atoms with Crippen LogP contribution in [-0.2, 0) is 16.0 Å². The third-order valence-corrected chi connectivity index (χ3v) is 4.39. The van der Waals surface area contributed by atoms with Crippen LogP contribution >= 0.6 is 11.8 Å². The second kappa shape index (κ2) is 6.79. The van der Waals surface area contributed by atoms with Gasteiger partial charge >= 0.3 is 0 Å². The number of hydrogen-bond acceptors (Lipinski definition) is 3. The van der Waals surface area contributed by atoms with E-state index in [1.54, 1.807) is 0 Å². The van der Waals surface area contributed by atoms with Crippen LogP contribution in [0, 0.1) is 0 Å². The molecule has 1 aliphatic heterocycles. The molecule has 1 aliphatic rings. The molecule has 20 heavy (non-hydrogen) atoms. The minimum atomic E-state index is -0.166. The van der Waals surface area contributed by atoms with Gasteiger partial charge in [-0.3, -0.25) is 9.59 Å². The van der Waals surface area contributed by atoms with Gasteiger partial charge in [0.2, 0.25) is 11.8 Å². The van der Waals surface area contributed by atoms with Gasteiger partial charge in [0.05, 0.1) is 11.0 Å². The highest BCUT2D eigenvalue weighted by atomic mass is 32.2. The number of fused-ring (bicyclic) bond motifs is 1. The molecule has 2 rings (SSSR count). The zero-order valence-corrected chi connectivity index (χ0v) is 12.6. The Labute approximate surface area is 123 Å². The van der Waals surface area contributed by atoms with Crippen molar-refractivity contribution in [2.45, 2.75) is 38.0 Å². The summed E-state index contributed by atoms with van der Waals surface area (Å²) in [6, 6.07) is 7.99. The first-order valence-electron chi connectivity index (χ1n) is 6.86. The van der Waals surface area contributed by atoms with Crippen molar-refractivity contribution in [2.24, 2.45) is 0 Å². The molecule has 1 aromatic carbocycles. The minimum Gasteiger partial charge on any atom is -0.353 e. The number of amides is 2. The average Bonchev–Trinajstić information content (AvgIpc) is 2.54. The highest BCUT2D eigenvalue weighted by molar-refractivity contribution is 8.01. The summed E-state index contributed by atoms with van der Waals surface area (Å²) in [4.78, 5) is 23.8. The molecule has 2 N–H and O–H groups in total. The Morgan fingerprint density at radius 3 is 2.95 bits per heavy atom. The van der Waals surface area contributed by atoms with E-state index >= 15 is 0 Å². The van der Waals surface area contributed by atoms with Crippen LogP contribution < -0.4 is 10.6 Å². The number of carbonyl (C=O) groups excluding carboxylic acids is 2. The fraction of sp³-hybridized carbons (Fsp3) is 0.467. The molecule has 0 aromatic heterocycles. The lowest BCUT2D eigenvalue weighted by Gasteiger charge is -2.13. The van der Waals surface area contributed by atoms with Gasteiger partial charge in [0.1, 0.15) is 0 Å². The summed E-state index contributed by atoms with van der Waals surface area (Å²) >= 11 is 1.42. The van der Waals surface area contributed by atoms with E-state index in [0.717, 1.165) is 24.1 Å². The monoisotopic (exact) mass is 292 g/mol. The molecule has 5 heteroatoms. The molecule has 0 unspecified atom stereocenters. The second-order valence-corrected chi connectivity index (χ2v) is 6.40. The smallest absolute Gasteiger partial charge is 0.237 e. The highest BCUT2D eigenvalue weighted by Crippen LogP contribution is 2.26. The van der Waals surface area contributed by atoms with Gasteiger partial charge in [-0.15, -0.1) is 11.8 Å². The van der Waals surface area contributed by atoms with Crippen LogP contribution in [-0.4, -0.2) is 28.9 Å². The van der Waals surface area contributed by atoms with Gasteiger partial charge in [-0.2, -0.15) is 0 Å². The molecular formula is C15H20N2O2S. The molecule has 0 bridgehead atoms. The van der Waals surface area contributed by atoms with Crippen LogP contribution in [0.3, 0.4) is 0 Å². The molecule has 0 radical (unpaired) electrons. The van der Waals surface area contributed by atoms with Gasteiger partial charge in [-0.25, -0.2) is 0 Å². The molecule has 0 saturated heterocycles. The quantitative estimate of drug-likeness (QED) is 0.894. The van der Waals surface area contributed by atoms with Gasteiger partial charge in [-0.1, -0.05) is 18.2 Å². The van der Waals surface area contributed by atoms with E-state index in [1.165, 1.54) is 11.8 Å². The highest BCUT2D eigenvalue weighted by Gasteiger charge is 2.24. The first kappa shape index (κ1) is 14.9. The van der Waals surface area contributed by atoms with Crippen LogP contribution in [0.4, 0.5) is 5.69 Å². The van der Waals surface area contributed by atoms with Crippen molar-refractivity contribution in [2.75, 3.05) is 11.1 Å². The van der Waals surface area contributed by atoms with Crippen LogP contribution in [0.1, 0.15) is 25.8 Å². The van der Waals surface area contributed by atoms with Crippen LogP contribution in [0.2, 0.25) is 0 Å². The summed E-state index contributed by atoms with van der Waals surface area (Å²) in [5.41, 5.74) is 2.06. The van der Waals surface area contributed by atoms with Crippen molar-refractivity contribution in [1.29, 1.82) is 0 Å². The summed E-state index contributed by atoms with van der Waals surface area (Å²) in [5.74, 6) is 0.309. The Morgan fingerprint density at radius 2 is 2.20 bits per heavy atom. The number of nitrogens with one attached hydrogen (secondary N) is 2. The Kier molecular flexibility index (Phi) is 5.06. The SMILES string of the molecule is CC(C)NC(=O)CS[C@H]1CCc2ccccc2NC1=O. The van der Waals surface area contributed by atoms with Crippen molar-refractivity contribution < 1.29 is 9.59 Å². The van der Waals surface area contributed by atoms with Crippen molar-refractivity contribution >= 4 is 29.3 Å². The summed E-state index contributed by atoms with van der Waals surface area (Å²) in [5, 5.41) is 5.62. The predicted molar refractivity (Wildman–Crippen MR) is 82.9 cm³/mol. The maximum absolute atomic E-state index is 12.1. The number of aryl methyl sites for hydroxylation is 1. The maximum atomic E-state index is 12.1. The molecule has 0 spiro atoms.